The molecule has 0 saturated carbocycles. The third-order valence-corrected chi connectivity index (χ3v) is 4.00. The van der Waals surface area contributed by atoms with Crippen molar-refractivity contribution < 1.29 is 5.11 Å². The Bertz CT molecular complexity index is 790. The van der Waals surface area contributed by atoms with Crippen molar-refractivity contribution in [1.29, 1.82) is 0 Å². The highest BCUT2D eigenvalue weighted by Crippen LogP contribution is 2.22. The van der Waals surface area contributed by atoms with Crippen molar-refractivity contribution in [2.45, 2.75) is 25.6 Å². The Balaban J connectivity index is 1.80. The van der Waals surface area contributed by atoms with Crippen LogP contribution in [-0.4, -0.2) is 48.5 Å². The van der Waals surface area contributed by atoms with E-state index in [0.29, 0.717) is 25.2 Å². The maximum Gasteiger partial charge on any atom is 0.328 e. The van der Waals surface area contributed by atoms with Gasteiger partial charge in [-0.05, 0) is 6.92 Å². The lowest BCUT2D eigenvalue weighted by Gasteiger charge is -2.17. The van der Waals surface area contributed by atoms with Crippen LogP contribution in [0.2, 0.25) is 0 Å². The van der Waals surface area contributed by atoms with E-state index in [9.17, 15) is 14.7 Å². The quantitative estimate of drug-likeness (QED) is 0.758. The number of aryl methyl sites for hydroxylation is 2. The van der Waals surface area contributed by atoms with Crippen molar-refractivity contribution >= 4 is 0 Å². The van der Waals surface area contributed by atoms with Crippen molar-refractivity contribution in [3.8, 4) is 0 Å². The monoisotopic (exact) mass is 305 g/mol. The van der Waals surface area contributed by atoms with Gasteiger partial charge in [-0.3, -0.25) is 23.9 Å². The Morgan fingerprint density at radius 3 is 2.82 bits per heavy atom. The molecule has 0 aliphatic carbocycles. The first-order valence-electron chi connectivity index (χ1n) is 7.14. The average Bonchev–Trinajstić information content (AvgIpc) is 3.01. The Morgan fingerprint density at radius 1 is 1.36 bits per heavy atom. The van der Waals surface area contributed by atoms with Crippen molar-refractivity contribution in [2.75, 3.05) is 13.1 Å². The third kappa shape index (κ3) is 2.75. The van der Waals surface area contributed by atoms with E-state index in [1.807, 2.05) is 13.2 Å². The molecule has 1 fully saturated rings. The van der Waals surface area contributed by atoms with E-state index >= 15 is 0 Å². The maximum absolute atomic E-state index is 12.0. The number of β-amino-alcohol motifs (C(OH)–C–C–N with tert-alkyl or cyclic N) is 1. The number of likely N-dealkylation sites (tertiary alicyclic amines) is 1. The van der Waals surface area contributed by atoms with Crippen molar-refractivity contribution in [2.24, 2.45) is 7.05 Å². The average molecular weight is 305 g/mol. The van der Waals surface area contributed by atoms with Gasteiger partial charge in [-0.1, -0.05) is 0 Å². The molecule has 1 saturated heterocycles. The highest BCUT2D eigenvalue weighted by atomic mass is 16.3. The summed E-state index contributed by atoms with van der Waals surface area (Å²) in [5.74, 6) is 0. The van der Waals surface area contributed by atoms with Gasteiger partial charge in [0.15, 0.2) is 0 Å². The van der Waals surface area contributed by atoms with E-state index in [1.165, 1.54) is 10.8 Å². The van der Waals surface area contributed by atoms with E-state index < -0.39 is 11.8 Å². The zero-order chi connectivity index (χ0) is 15.9. The number of hydrogen-bond donors (Lipinski definition) is 2. The second kappa shape index (κ2) is 5.54. The fourth-order valence-corrected chi connectivity index (χ4v) is 2.89. The maximum atomic E-state index is 12.0. The fourth-order valence-electron chi connectivity index (χ4n) is 2.89. The number of rotatable bonds is 3. The molecule has 0 spiro atoms. The van der Waals surface area contributed by atoms with Crippen LogP contribution >= 0.6 is 0 Å². The summed E-state index contributed by atoms with van der Waals surface area (Å²) in [5.41, 5.74) is 0.640. The Kier molecular flexibility index (Phi) is 3.71. The summed E-state index contributed by atoms with van der Waals surface area (Å²) >= 11 is 0. The van der Waals surface area contributed by atoms with Gasteiger partial charge >= 0.3 is 5.69 Å². The summed E-state index contributed by atoms with van der Waals surface area (Å²) in [6.07, 6.45) is 4.58. The molecular formula is C14H19N5O3. The molecule has 8 heteroatoms. The number of H-pyrrole nitrogens is 1. The van der Waals surface area contributed by atoms with E-state index in [1.54, 1.807) is 17.8 Å². The summed E-state index contributed by atoms with van der Waals surface area (Å²) in [7, 11) is 1.85. The zero-order valence-electron chi connectivity index (χ0n) is 12.6. The normalized spacial score (nSPS) is 22.3. The molecular weight excluding hydrogens is 286 g/mol. The molecule has 0 unspecified atom stereocenters. The minimum atomic E-state index is -0.653. The van der Waals surface area contributed by atoms with Gasteiger partial charge in [-0.2, -0.15) is 5.10 Å². The molecule has 0 aromatic carbocycles. The molecule has 3 rings (SSSR count). The number of aliphatic hydroxyl groups is 1. The van der Waals surface area contributed by atoms with Gasteiger partial charge in [0.05, 0.1) is 18.3 Å². The smallest absolute Gasteiger partial charge is 0.328 e. The van der Waals surface area contributed by atoms with E-state index in [0.717, 1.165) is 5.56 Å². The minimum Gasteiger partial charge on any atom is -0.390 e. The zero-order valence-corrected chi connectivity index (χ0v) is 12.6. The van der Waals surface area contributed by atoms with Crippen LogP contribution in [0.15, 0.2) is 28.2 Å². The van der Waals surface area contributed by atoms with E-state index in [-0.39, 0.29) is 11.6 Å². The van der Waals surface area contributed by atoms with Gasteiger partial charge in [-0.25, -0.2) is 4.79 Å². The summed E-state index contributed by atoms with van der Waals surface area (Å²) < 4.78 is 3.15. The highest BCUT2D eigenvalue weighted by Gasteiger charge is 2.33. The van der Waals surface area contributed by atoms with Crippen LogP contribution in [0.5, 0.6) is 0 Å². The largest absolute Gasteiger partial charge is 0.390 e. The summed E-state index contributed by atoms with van der Waals surface area (Å²) in [6.45, 7) is 3.33. The van der Waals surface area contributed by atoms with Gasteiger partial charge in [0.25, 0.3) is 5.56 Å². The molecule has 118 valence electrons. The number of aromatic nitrogens is 4. The first kappa shape index (κ1) is 14.7. The first-order chi connectivity index (χ1) is 10.4. The molecule has 2 N–H and O–H groups in total. The lowest BCUT2D eigenvalue weighted by Crippen LogP contribution is -2.37. The molecule has 2 atom stereocenters. The molecule has 1 aliphatic heterocycles. The van der Waals surface area contributed by atoms with Gasteiger partial charge in [-0.15, -0.1) is 0 Å². The Morgan fingerprint density at radius 2 is 2.14 bits per heavy atom. The number of nitrogens with zero attached hydrogens (tertiary/aromatic N) is 4. The standard InChI is InChI=1S/C14H19N5O3/c1-9-4-19(14(22)16-13(9)21)11-7-18(8-12(11)20)6-10-3-15-17(2)5-10/h3-5,11-12,20H,6-8H2,1-2H3,(H,16,21,22)/t11-,12-/m1/s1. The van der Waals surface area contributed by atoms with Gasteiger partial charge in [0.2, 0.25) is 0 Å². The minimum absolute atomic E-state index is 0.361. The predicted octanol–water partition coefficient (Wildman–Crippen LogP) is -1.00. The van der Waals surface area contributed by atoms with Crippen molar-refractivity contribution in [3.63, 3.8) is 0 Å². The lowest BCUT2D eigenvalue weighted by atomic mass is 10.2. The molecule has 1 aliphatic rings. The molecule has 0 bridgehead atoms. The SMILES string of the molecule is Cc1cn([C@@H]2CN(Cc3cnn(C)c3)C[C@H]2O)c(=O)[nH]c1=O. The third-order valence-electron chi connectivity index (χ3n) is 4.00. The van der Waals surface area contributed by atoms with Crippen LogP contribution in [0.4, 0.5) is 0 Å². The van der Waals surface area contributed by atoms with E-state index in [4.69, 9.17) is 0 Å². The number of aromatic amines is 1. The Hall–Kier alpha value is -2.19. The lowest BCUT2D eigenvalue weighted by molar-refractivity contribution is 0.141. The van der Waals surface area contributed by atoms with Crippen LogP contribution in [-0.2, 0) is 13.6 Å². The van der Waals surface area contributed by atoms with Crippen LogP contribution in [0.3, 0.4) is 0 Å². The molecule has 22 heavy (non-hydrogen) atoms. The van der Waals surface area contributed by atoms with Crippen LogP contribution in [0.1, 0.15) is 17.2 Å². The van der Waals surface area contributed by atoms with Crippen LogP contribution in [0, 0.1) is 6.92 Å². The molecule has 8 nitrogen and oxygen atoms in total. The fraction of sp³-hybridized carbons (Fsp3) is 0.500. The molecule has 2 aromatic heterocycles. The number of nitrogens with one attached hydrogen (secondary N) is 1. The van der Waals surface area contributed by atoms with Crippen LogP contribution < -0.4 is 11.2 Å². The molecule has 3 heterocycles. The van der Waals surface area contributed by atoms with Crippen molar-refractivity contribution in [1.82, 2.24) is 24.2 Å². The Labute approximate surface area is 126 Å². The van der Waals surface area contributed by atoms with Gasteiger partial charge in [0.1, 0.15) is 0 Å². The summed E-state index contributed by atoms with van der Waals surface area (Å²) in [4.78, 5) is 27.8. The number of aliphatic hydroxyl groups excluding tert-OH is 1. The van der Waals surface area contributed by atoms with E-state index in [2.05, 4.69) is 15.0 Å². The van der Waals surface area contributed by atoms with Crippen molar-refractivity contribution in [3.05, 3.63) is 50.6 Å². The summed E-state index contributed by atoms with van der Waals surface area (Å²) in [5, 5.41) is 14.4. The predicted molar refractivity (Wildman–Crippen MR) is 79.6 cm³/mol. The van der Waals surface area contributed by atoms with Crippen LogP contribution in [0.25, 0.3) is 0 Å². The second-order valence-electron chi connectivity index (χ2n) is 5.83. The molecule has 2 aromatic rings. The highest BCUT2D eigenvalue weighted by molar-refractivity contribution is 5.06. The first-order valence-corrected chi connectivity index (χ1v) is 7.14. The van der Waals surface area contributed by atoms with Gasteiger partial charge in [0, 0.05) is 50.2 Å². The molecule has 0 amide bonds. The van der Waals surface area contributed by atoms with Gasteiger partial charge < -0.3 is 5.11 Å². The second-order valence-corrected chi connectivity index (χ2v) is 5.83. The number of hydrogen-bond acceptors (Lipinski definition) is 5. The molecule has 0 radical (unpaired) electrons. The summed E-state index contributed by atoms with van der Waals surface area (Å²) in [6, 6.07) is -0.361. The topological polar surface area (TPSA) is 96.2 Å².